The summed E-state index contributed by atoms with van der Waals surface area (Å²) >= 11 is 1.43. The minimum Gasteiger partial charge on any atom is -0.497 e. The number of carbonyl (C=O) groups excluding carboxylic acids is 2. The molecule has 2 aromatic carbocycles. The Bertz CT molecular complexity index is 1090. The number of anilines is 2. The number of thiazole rings is 1. The predicted molar refractivity (Wildman–Crippen MR) is 113 cm³/mol. The molecule has 1 N–H and O–H groups in total. The topological polar surface area (TPSA) is 80.8 Å². The number of nitrogens with one attached hydrogen (secondary N) is 1. The van der Waals surface area contributed by atoms with Gasteiger partial charge in [0.1, 0.15) is 11.5 Å². The van der Waals surface area contributed by atoms with Crippen LogP contribution >= 0.6 is 11.3 Å². The zero-order chi connectivity index (χ0) is 20.5. The van der Waals surface area contributed by atoms with Crippen molar-refractivity contribution < 1.29 is 19.1 Å². The fraction of sp³-hybridized carbons (Fsp3) is 0.286. The Morgan fingerprint density at radius 1 is 1.24 bits per heavy atom. The second-order valence-electron chi connectivity index (χ2n) is 6.87. The number of fused-ring (bicyclic) bond motifs is 1. The number of methoxy groups -OCH3 is 2. The second-order valence-corrected chi connectivity index (χ2v) is 7.90. The lowest BCUT2D eigenvalue weighted by atomic mass is 10.1. The minimum absolute atomic E-state index is 0.128. The van der Waals surface area contributed by atoms with Gasteiger partial charge >= 0.3 is 0 Å². The molecule has 0 saturated carbocycles. The third-order valence-corrected chi connectivity index (χ3v) is 5.96. The van der Waals surface area contributed by atoms with Crippen LogP contribution in [0.5, 0.6) is 11.5 Å². The molecule has 1 aliphatic heterocycles. The molecule has 8 heteroatoms. The average Bonchev–Trinajstić information content (AvgIpc) is 3.31. The van der Waals surface area contributed by atoms with E-state index in [0.717, 1.165) is 15.8 Å². The maximum absolute atomic E-state index is 12.8. The van der Waals surface area contributed by atoms with Gasteiger partial charge in [-0.15, -0.1) is 0 Å². The lowest BCUT2D eigenvalue weighted by Gasteiger charge is -2.20. The van der Waals surface area contributed by atoms with E-state index < -0.39 is 5.92 Å². The molecule has 1 fully saturated rings. The SMILES string of the molecule is COc1ccc(OC)c(N2C[C@H](C(=O)Nc3nc4c(C)cccc4s3)CC2=O)c1. The van der Waals surface area contributed by atoms with Crippen LogP contribution in [0.2, 0.25) is 0 Å². The van der Waals surface area contributed by atoms with Gasteiger partial charge in [0.25, 0.3) is 0 Å². The molecule has 1 aromatic heterocycles. The van der Waals surface area contributed by atoms with E-state index in [4.69, 9.17) is 9.47 Å². The molecule has 2 amide bonds. The van der Waals surface area contributed by atoms with Crippen molar-refractivity contribution in [3.63, 3.8) is 0 Å². The summed E-state index contributed by atoms with van der Waals surface area (Å²) in [6, 6.07) is 11.2. The predicted octanol–water partition coefficient (Wildman–Crippen LogP) is 3.61. The molecule has 0 unspecified atom stereocenters. The quantitative estimate of drug-likeness (QED) is 0.694. The van der Waals surface area contributed by atoms with Crippen LogP contribution in [0.1, 0.15) is 12.0 Å². The van der Waals surface area contributed by atoms with Crippen molar-refractivity contribution >= 4 is 44.2 Å². The van der Waals surface area contributed by atoms with E-state index in [1.165, 1.54) is 11.3 Å². The number of aryl methyl sites for hydroxylation is 1. The van der Waals surface area contributed by atoms with Crippen molar-refractivity contribution in [3.05, 3.63) is 42.0 Å². The van der Waals surface area contributed by atoms with Gasteiger partial charge in [-0.25, -0.2) is 4.98 Å². The van der Waals surface area contributed by atoms with E-state index >= 15 is 0 Å². The molecule has 0 bridgehead atoms. The van der Waals surface area contributed by atoms with Crippen LogP contribution in [0.3, 0.4) is 0 Å². The number of ether oxygens (including phenoxy) is 2. The smallest absolute Gasteiger partial charge is 0.231 e. The highest BCUT2D eigenvalue weighted by atomic mass is 32.1. The van der Waals surface area contributed by atoms with Crippen LogP contribution in [-0.4, -0.2) is 37.6 Å². The lowest BCUT2D eigenvalue weighted by molar-refractivity contribution is -0.122. The highest BCUT2D eigenvalue weighted by Gasteiger charge is 2.36. The van der Waals surface area contributed by atoms with Crippen LogP contribution < -0.4 is 19.7 Å². The Morgan fingerprint density at radius 2 is 2.07 bits per heavy atom. The number of benzene rings is 2. The number of carbonyl (C=O) groups is 2. The van der Waals surface area contributed by atoms with Crippen molar-refractivity contribution in [2.24, 2.45) is 5.92 Å². The van der Waals surface area contributed by atoms with Crippen molar-refractivity contribution in [2.45, 2.75) is 13.3 Å². The van der Waals surface area contributed by atoms with E-state index in [1.54, 1.807) is 37.3 Å². The van der Waals surface area contributed by atoms with Crippen LogP contribution in [0, 0.1) is 12.8 Å². The van der Waals surface area contributed by atoms with Crippen molar-refractivity contribution in [3.8, 4) is 11.5 Å². The van der Waals surface area contributed by atoms with Gasteiger partial charge in [0.15, 0.2) is 5.13 Å². The van der Waals surface area contributed by atoms with E-state index in [-0.39, 0.29) is 24.8 Å². The molecule has 150 valence electrons. The fourth-order valence-electron chi connectivity index (χ4n) is 3.47. The molecule has 0 spiro atoms. The molecular formula is C21H21N3O4S. The zero-order valence-corrected chi connectivity index (χ0v) is 17.2. The number of aromatic nitrogens is 1. The maximum atomic E-state index is 12.8. The normalized spacial score (nSPS) is 16.3. The Hall–Kier alpha value is -3.13. The van der Waals surface area contributed by atoms with Crippen LogP contribution in [0.4, 0.5) is 10.8 Å². The van der Waals surface area contributed by atoms with Crippen LogP contribution in [-0.2, 0) is 9.59 Å². The monoisotopic (exact) mass is 411 g/mol. The molecule has 7 nitrogen and oxygen atoms in total. The first-order chi connectivity index (χ1) is 14.0. The van der Waals surface area contributed by atoms with Gasteiger partial charge in [0.2, 0.25) is 11.8 Å². The fourth-order valence-corrected chi connectivity index (χ4v) is 4.42. The van der Waals surface area contributed by atoms with Crippen LogP contribution in [0.25, 0.3) is 10.2 Å². The molecule has 1 atom stereocenters. The summed E-state index contributed by atoms with van der Waals surface area (Å²) in [6.45, 7) is 2.26. The summed E-state index contributed by atoms with van der Waals surface area (Å²) in [6.07, 6.45) is 0.135. The zero-order valence-electron chi connectivity index (χ0n) is 16.4. The Labute approximate surface area is 172 Å². The van der Waals surface area contributed by atoms with Gasteiger partial charge in [-0.2, -0.15) is 0 Å². The summed E-state index contributed by atoms with van der Waals surface area (Å²) in [7, 11) is 3.11. The second kappa shape index (κ2) is 7.71. The molecular weight excluding hydrogens is 390 g/mol. The van der Waals surface area contributed by atoms with E-state index in [2.05, 4.69) is 10.3 Å². The molecule has 29 heavy (non-hydrogen) atoms. The lowest BCUT2D eigenvalue weighted by Crippen LogP contribution is -2.28. The number of rotatable bonds is 5. The Morgan fingerprint density at radius 3 is 2.79 bits per heavy atom. The summed E-state index contributed by atoms with van der Waals surface area (Å²) in [4.78, 5) is 31.5. The summed E-state index contributed by atoms with van der Waals surface area (Å²) in [5.41, 5.74) is 2.55. The standard InChI is InChI=1S/C21H21N3O4S/c1-12-5-4-6-17-19(12)22-21(29-17)23-20(26)13-9-18(25)24(11-13)15-10-14(27-2)7-8-16(15)28-3/h4-8,10,13H,9,11H2,1-3H3,(H,22,23,26)/t13-/m1/s1. The van der Waals surface area contributed by atoms with Crippen molar-refractivity contribution in [1.29, 1.82) is 0 Å². The Balaban J connectivity index is 1.53. The molecule has 0 radical (unpaired) electrons. The number of para-hydroxylation sites is 1. The molecule has 4 rings (SSSR count). The van der Waals surface area contributed by atoms with Crippen molar-refractivity contribution in [1.82, 2.24) is 4.98 Å². The van der Waals surface area contributed by atoms with E-state index in [0.29, 0.717) is 22.3 Å². The van der Waals surface area contributed by atoms with Gasteiger partial charge in [-0.1, -0.05) is 23.5 Å². The highest BCUT2D eigenvalue weighted by molar-refractivity contribution is 7.22. The van der Waals surface area contributed by atoms with E-state index in [1.807, 2.05) is 25.1 Å². The number of hydrogen-bond donors (Lipinski definition) is 1. The largest absolute Gasteiger partial charge is 0.497 e. The minimum atomic E-state index is -0.466. The number of nitrogens with zero attached hydrogens (tertiary/aromatic N) is 2. The van der Waals surface area contributed by atoms with Gasteiger partial charge in [0, 0.05) is 19.0 Å². The van der Waals surface area contributed by atoms with Crippen LogP contribution in [0.15, 0.2) is 36.4 Å². The first kappa shape index (κ1) is 19.2. The number of amides is 2. The summed E-state index contributed by atoms with van der Waals surface area (Å²) in [5, 5.41) is 3.42. The summed E-state index contributed by atoms with van der Waals surface area (Å²) < 4.78 is 11.7. The number of hydrogen-bond acceptors (Lipinski definition) is 6. The van der Waals surface area contributed by atoms with Gasteiger partial charge < -0.3 is 19.7 Å². The third-order valence-electron chi connectivity index (χ3n) is 5.02. The van der Waals surface area contributed by atoms with E-state index in [9.17, 15) is 9.59 Å². The Kier molecular flexibility index (Phi) is 5.10. The first-order valence-electron chi connectivity index (χ1n) is 9.19. The van der Waals surface area contributed by atoms with Gasteiger partial charge in [0.05, 0.1) is 36.0 Å². The maximum Gasteiger partial charge on any atom is 0.231 e. The van der Waals surface area contributed by atoms with Gasteiger partial charge in [-0.05, 0) is 30.7 Å². The summed E-state index contributed by atoms with van der Waals surface area (Å²) in [5.74, 6) is 0.371. The molecule has 0 aliphatic carbocycles. The molecule has 1 aliphatic rings. The molecule has 2 heterocycles. The van der Waals surface area contributed by atoms with Gasteiger partial charge in [-0.3, -0.25) is 9.59 Å². The van der Waals surface area contributed by atoms with Crippen molar-refractivity contribution in [2.75, 3.05) is 31.0 Å². The molecule has 3 aromatic rings. The third kappa shape index (κ3) is 3.63. The molecule has 1 saturated heterocycles. The first-order valence-corrected chi connectivity index (χ1v) is 10.0. The highest BCUT2D eigenvalue weighted by Crippen LogP contribution is 2.36. The average molecular weight is 411 g/mol.